The van der Waals surface area contributed by atoms with Gasteiger partial charge in [0.2, 0.25) is 0 Å². The topological polar surface area (TPSA) is 15.3 Å². The predicted octanol–water partition coefficient (Wildman–Crippen LogP) is 1.57. The molecule has 1 saturated heterocycles. The number of rotatable bonds is 4. The average Bonchev–Trinajstić information content (AvgIpc) is 1.78. The maximum absolute atomic E-state index is 3.31. The maximum atomic E-state index is 3.31. The minimum absolute atomic E-state index is 0.437. The van der Waals surface area contributed by atoms with E-state index < -0.39 is 0 Å². The van der Waals surface area contributed by atoms with E-state index in [4.69, 9.17) is 0 Å². The summed E-state index contributed by atoms with van der Waals surface area (Å²) in [7, 11) is 2.23. The lowest BCUT2D eigenvalue weighted by atomic mass is 9.95. The molecule has 0 aromatic rings. The van der Waals surface area contributed by atoms with Crippen molar-refractivity contribution in [3.05, 3.63) is 0 Å². The molecule has 13 heavy (non-hydrogen) atoms. The van der Waals surface area contributed by atoms with Gasteiger partial charge >= 0.3 is 0 Å². The predicted molar refractivity (Wildman–Crippen MR) is 57.9 cm³/mol. The van der Waals surface area contributed by atoms with Crippen LogP contribution < -0.4 is 5.32 Å². The highest BCUT2D eigenvalue weighted by molar-refractivity contribution is 4.76. The molecule has 0 saturated carbocycles. The molecule has 1 rings (SSSR count). The summed E-state index contributed by atoms with van der Waals surface area (Å²) >= 11 is 0. The fraction of sp³-hybridized carbons (Fsp3) is 1.00. The van der Waals surface area contributed by atoms with Crippen LogP contribution in [0.4, 0.5) is 0 Å². The average molecular weight is 184 g/mol. The smallest absolute Gasteiger partial charge is 0.00270 e. The first-order chi connectivity index (χ1) is 5.97. The van der Waals surface area contributed by atoms with E-state index in [0.717, 1.165) is 5.92 Å². The van der Waals surface area contributed by atoms with Gasteiger partial charge in [-0.1, -0.05) is 20.8 Å². The summed E-state index contributed by atoms with van der Waals surface area (Å²) in [4.78, 5) is 2.46. The summed E-state index contributed by atoms with van der Waals surface area (Å²) in [6.07, 6.45) is 1.36. The van der Waals surface area contributed by atoms with Crippen molar-refractivity contribution >= 4 is 0 Å². The van der Waals surface area contributed by atoms with E-state index in [9.17, 15) is 0 Å². The summed E-state index contributed by atoms with van der Waals surface area (Å²) in [5, 5.41) is 3.31. The lowest BCUT2D eigenvalue weighted by molar-refractivity contribution is 0.200. The molecular weight excluding hydrogens is 160 g/mol. The normalized spacial score (nSPS) is 19.2. The molecule has 0 unspecified atom stereocenters. The monoisotopic (exact) mass is 184 g/mol. The van der Waals surface area contributed by atoms with Gasteiger partial charge in [-0.25, -0.2) is 0 Å². The maximum Gasteiger partial charge on any atom is 0.00270 e. The van der Waals surface area contributed by atoms with Gasteiger partial charge in [0, 0.05) is 6.54 Å². The minimum Gasteiger partial charge on any atom is -0.316 e. The molecule has 0 amide bonds. The molecule has 0 spiro atoms. The molecule has 1 N–H and O–H groups in total. The number of hydrogen-bond acceptors (Lipinski definition) is 2. The van der Waals surface area contributed by atoms with E-state index in [1.165, 1.54) is 32.6 Å². The van der Waals surface area contributed by atoms with Gasteiger partial charge < -0.3 is 10.2 Å². The number of hydrogen-bond donors (Lipinski definition) is 1. The molecule has 2 nitrogen and oxygen atoms in total. The Morgan fingerprint density at radius 2 is 1.92 bits per heavy atom. The largest absolute Gasteiger partial charge is 0.316 e. The lowest BCUT2D eigenvalue weighted by Crippen LogP contribution is -2.43. The van der Waals surface area contributed by atoms with Gasteiger partial charge in [-0.3, -0.25) is 0 Å². The van der Waals surface area contributed by atoms with Crippen LogP contribution in [0.1, 0.15) is 27.2 Å². The van der Waals surface area contributed by atoms with Crippen molar-refractivity contribution in [2.75, 3.05) is 33.2 Å². The Hall–Kier alpha value is -0.0800. The third-order valence-corrected chi connectivity index (χ3v) is 2.53. The second kappa shape index (κ2) is 4.43. The van der Waals surface area contributed by atoms with E-state index in [1.807, 2.05) is 0 Å². The van der Waals surface area contributed by atoms with Crippen molar-refractivity contribution in [3.63, 3.8) is 0 Å². The van der Waals surface area contributed by atoms with Crippen LogP contribution in [0.15, 0.2) is 0 Å². The van der Waals surface area contributed by atoms with Crippen LogP contribution in [-0.4, -0.2) is 38.1 Å². The van der Waals surface area contributed by atoms with Crippen LogP contribution in [0.25, 0.3) is 0 Å². The van der Waals surface area contributed by atoms with E-state index in [2.05, 4.69) is 38.0 Å². The van der Waals surface area contributed by atoms with Gasteiger partial charge in [0.25, 0.3) is 0 Å². The first-order valence-electron chi connectivity index (χ1n) is 5.37. The third kappa shape index (κ3) is 4.63. The first kappa shape index (κ1) is 11.0. The van der Waals surface area contributed by atoms with Crippen molar-refractivity contribution in [3.8, 4) is 0 Å². The molecule has 0 bridgehead atoms. The lowest BCUT2D eigenvalue weighted by Gasteiger charge is -2.31. The van der Waals surface area contributed by atoms with Gasteiger partial charge in [0.15, 0.2) is 0 Å². The van der Waals surface area contributed by atoms with E-state index >= 15 is 0 Å². The Labute approximate surface area is 82.7 Å². The molecule has 0 radical (unpaired) electrons. The highest BCUT2D eigenvalue weighted by Crippen LogP contribution is 2.15. The van der Waals surface area contributed by atoms with Crippen LogP contribution in [0.5, 0.6) is 0 Å². The molecule has 1 fully saturated rings. The second-order valence-electron chi connectivity index (χ2n) is 5.61. The van der Waals surface area contributed by atoms with Crippen molar-refractivity contribution in [1.29, 1.82) is 0 Å². The Bertz CT molecular complexity index is 145. The molecule has 1 aliphatic rings. The molecule has 0 aromatic heterocycles. The molecule has 0 aliphatic carbocycles. The van der Waals surface area contributed by atoms with Crippen LogP contribution in [0.2, 0.25) is 0 Å². The van der Waals surface area contributed by atoms with Crippen molar-refractivity contribution in [2.24, 2.45) is 11.3 Å². The van der Waals surface area contributed by atoms with Gasteiger partial charge in [-0.15, -0.1) is 0 Å². The first-order valence-corrected chi connectivity index (χ1v) is 5.37. The quantitative estimate of drug-likeness (QED) is 0.713. The van der Waals surface area contributed by atoms with Gasteiger partial charge in [-0.05, 0) is 44.4 Å². The highest BCUT2D eigenvalue weighted by atomic mass is 15.1. The van der Waals surface area contributed by atoms with Gasteiger partial charge in [0.1, 0.15) is 0 Å². The molecule has 1 aliphatic heterocycles. The zero-order valence-corrected chi connectivity index (χ0v) is 9.56. The van der Waals surface area contributed by atoms with E-state index in [1.54, 1.807) is 0 Å². The van der Waals surface area contributed by atoms with Crippen molar-refractivity contribution in [1.82, 2.24) is 10.2 Å². The molecule has 0 aromatic carbocycles. The molecule has 0 atom stereocenters. The van der Waals surface area contributed by atoms with E-state index in [-0.39, 0.29) is 0 Å². The Morgan fingerprint density at radius 3 is 2.31 bits per heavy atom. The third-order valence-electron chi connectivity index (χ3n) is 2.53. The van der Waals surface area contributed by atoms with Crippen LogP contribution in [0, 0.1) is 11.3 Å². The van der Waals surface area contributed by atoms with E-state index in [0.29, 0.717) is 5.41 Å². The minimum atomic E-state index is 0.437. The zero-order chi connectivity index (χ0) is 9.90. The summed E-state index contributed by atoms with van der Waals surface area (Å²) in [6, 6.07) is 0. The van der Waals surface area contributed by atoms with Crippen LogP contribution >= 0.6 is 0 Å². The van der Waals surface area contributed by atoms with Crippen LogP contribution in [0.3, 0.4) is 0 Å². The Kier molecular flexibility index (Phi) is 3.74. The van der Waals surface area contributed by atoms with Gasteiger partial charge in [0.05, 0.1) is 0 Å². The molecule has 1 heterocycles. The fourth-order valence-electron chi connectivity index (χ4n) is 1.84. The highest BCUT2D eigenvalue weighted by Gasteiger charge is 2.18. The standard InChI is InChI=1S/C11H24N2/c1-11(2,3)9-13(4)6-5-10-7-12-8-10/h10,12H,5-9H2,1-4H3. The number of nitrogens with one attached hydrogen (secondary N) is 1. The van der Waals surface area contributed by atoms with Crippen molar-refractivity contribution < 1.29 is 0 Å². The molecular formula is C11H24N2. The molecule has 78 valence electrons. The van der Waals surface area contributed by atoms with Crippen LogP contribution in [-0.2, 0) is 0 Å². The SMILES string of the molecule is CN(CCC1CNC1)CC(C)(C)C. The number of nitrogens with zero attached hydrogens (tertiary/aromatic N) is 1. The molecule has 2 heteroatoms. The summed E-state index contributed by atoms with van der Waals surface area (Å²) < 4.78 is 0. The zero-order valence-electron chi connectivity index (χ0n) is 9.56. The van der Waals surface area contributed by atoms with Gasteiger partial charge in [-0.2, -0.15) is 0 Å². The summed E-state index contributed by atoms with van der Waals surface area (Å²) in [5.41, 5.74) is 0.437. The summed E-state index contributed by atoms with van der Waals surface area (Å²) in [5.74, 6) is 0.947. The van der Waals surface area contributed by atoms with Crippen molar-refractivity contribution in [2.45, 2.75) is 27.2 Å². The Morgan fingerprint density at radius 1 is 1.31 bits per heavy atom. The Balaban J connectivity index is 2.06. The second-order valence-corrected chi connectivity index (χ2v) is 5.61. The fourth-order valence-corrected chi connectivity index (χ4v) is 1.84. The summed E-state index contributed by atoms with van der Waals surface area (Å²) in [6.45, 7) is 11.8.